The Labute approximate surface area is 70.2 Å². The first-order chi connectivity index (χ1) is 5.69. The van der Waals surface area contributed by atoms with E-state index >= 15 is 0 Å². The second-order valence-corrected chi connectivity index (χ2v) is 2.30. The van der Waals surface area contributed by atoms with Crippen LogP contribution in [0.2, 0.25) is 0 Å². The van der Waals surface area contributed by atoms with Crippen LogP contribution in [-0.2, 0) is 11.8 Å². The molecule has 62 valence electrons. The summed E-state index contributed by atoms with van der Waals surface area (Å²) in [6, 6.07) is 1.50. The lowest BCUT2D eigenvalue weighted by Crippen LogP contribution is -2.06. The maximum absolute atomic E-state index is 11.0. The van der Waals surface area contributed by atoms with Crippen molar-refractivity contribution in [2.24, 2.45) is 7.05 Å². The molecule has 0 amide bonds. The Hall–Kier alpha value is -1.76. The third-order valence-corrected chi connectivity index (χ3v) is 1.51. The van der Waals surface area contributed by atoms with E-state index in [0.29, 0.717) is 11.4 Å². The second-order valence-electron chi connectivity index (χ2n) is 2.30. The van der Waals surface area contributed by atoms with Gasteiger partial charge >= 0.3 is 5.97 Å². The molecule has 0 bridgehead atoms. The van der Waals surface area contributed by atoms with Gasteiger partial charge in [0.25, 0.3) is 0 Å². The molecule has 0 saturated heterocycles. The van der Waals surface area contributed by atoms with Gasteiger partial charge in [-0.25, -0.2) is 9.64 Å². The second kappa shape index (κ2) is 3.09. The van der Waals surface area contributed by atoms with Crippen LogP contribution in [0.1, 0.15) is 10.5 Å². The quantitative estimate of drug-likeness (QED) is 0.464. The highest BCUT2D eigenvalue weighted by molar-refractivity contribution is 5.89. The average molecular weight is 164 g/mol. The van der Waals surface area contributed by atoms with Crippen molar-refractivity contribution in [1.82, 2.24) is 4.57 Å². The number of esters is 1. The van der Waals surface area contributed by atoms with Crippen molar-refractivity contribution in [3.05, 3.63) is 29.4 Å². The largest absolute Gasteiger partial charge is 0.464 e. The molecule has 0 aliphatic rings. The molecule has 0 aliphatic carbocycles. The Balaban J connectivity index is 3.10. The molecule has 0 spiro atoms. The van der Waals surface area contributed by atoms with Crippen LogP contribution in [0.4, 0.5) is 5.69 Å². The van der Waals surface area contributed by atoms with Crippen molar-refractivity contribution in [3.8, 4) is 0 Å². The maximum Gasteiger partial charge on any atom is 0.353 e. The number of carbonyl (C=O) groups is 1. The predicted molar refractivity (Wildman–Crippen MR) is 43.0 cm³/mol. The topological polar surface area (TPSA) is 35.6 Å². The van der Waals surface area contributed by atoms with Gasteiger partial charge in [-0.05, 0) is 6.07 Å². The van der Waals surface area contributed by atoms with E-state index in [-0.39, 0.29) is 0 Å². The molecule has 0 atom stereocenters. The lowest BCUT2D eigenvalue weighted by Gasteiger charge is -1.98. The first-order valence-electron chi connectivity index (χ1n) is 3.31. The van der Waals surface area contributed by atoms with Gasteiger partial charge in [-0.2, -0.15) is 0 Å². The molecule has 0 unspecified atom stereocenters. The van der Waals surface area contributed by atoms with E-state index in [1.807, 2.05) is 0 Å². The fraction of sp³-hybridized carbons (Fsp3) is 0.250. The molecule has 0 radical (unpaired) electrons. The molecule has 4 nitrogen and oxygen atoms in total. The average Bonchev–Trinajstić information content (AvgIpc) is 2.45. The molecule has 0 saturated carbocycles. The zero-order valence-electron chi connectivity index (χ0n) is 6.87. The first-order valence-corrected chi connectivity index (χ1v) is 3.31. The summed E-state index contributed by atoms with van der Waals surface area (Å²) in [5.41, 5.74) is 0.835. The number of aryl methyl sites for hydroxylation is 1. The summed E-state index contributed by atoms with van der Waals surface area (Å²) < 4.78 is 6.08. The highest BCUT2D eigenvalue weighted by atomic mass is 16.5. The van der Waals surface area contributed by atoms with Gasteiger partial charge in [-0.1, -0.05) is 0 Å². The van der Waals surface area contributed by atoms with Crippen molar-refractivity contribution in [2.45, 2.75) is 0 Å². The SMILES string of the molecule is [C-]#[N+]c1cc(C(=O)OC)n(C)c1. The Kier molecular flexibility index (Phi) is 2.15. The molecule has 1 rings (SSSR count). The van der Waals surface area contributed by atoms with Gasteiger partial charge in [0.05, 0.1) is 13.7 Å². The highest BCUT2D eigenvalue weighted by Gasteiger charge is 2.10. The minimum Gasteiger partial charge on any atom is -0.464 e. The van der Waals surface area contributed by atoms with Crippen LogP contribution in [0, 0.1) is 6.57 Å². The van der Waals surface area contributed by atoms with Crippen molar-refractivity contribution < 1.29 is 9.53 Å². The first kappa shape index (κ1) is 8.34. The van der Waals surface area contributed by atoms with Crippen LogP contribution in [0.5, 0.6) is 0 Å². The number of aromatic nitrogens is 1. The molecule has 4 heteroatoms. The molecule has 0 aromatic carbocycles. The fourth-order valence-electron chi connectivity index (χ4n) is 0.916. The fourth-order valence-corrected chi connectivity index (χ4v) is 0.916. The van der Waals surface area contributed by atoms with E-state index in [2.05, 4.69) is 9.58 Å². The van der Waals surface area contributed by atoms with Crippen LogP contribution in [0.3, 0.4) is 0 Å². The molecule has 0 N–H and O–H groups in total. The lowest BCUT2D eigenvalue weighted by molar-refractivity contribution is 0.0590. The predicted octanol–water partition coefficient (Wildman–Crippen LogP) is 1.36. The Morgan fingerprint density at radius 3 is 2.83 bits per heavy atom. The number of rotatable bonds is 1. The summed E-state index contributed by atoms with van der Waals surface area (Å²) in [5, 5.41) is 0. The summed E-state index contributed by atoms with van der Waals surface area (Å²) >= 11 is 0. The number of methoxy groups -OCH3 is 1. The van der Waals surface area contributed by atoms with E-state index in [4.69, 9.17) is 6.57 Å². The zero-order chi connectivity index (χ0) is 9.14. The van der Waals surface area contributed by atoms with Gasteiger partial charge < -0.3 is 9.30 Å². The van der Waals surface area contributed by atoms with Crippen molar-refractivity contribution in [2.75, 3.05) is 7.11 Å². The standard InChI is InChI=1S/C8H8N2O2/c1-9-6-4-7(8(11)12-3)10(2)5-6/h4-5H,2-3H3. The molecular formula is C8H8N2O2. The monoisotopic (exact) mass is 164 g/mol. The third-order valence-electron chi connectivity index (χ3n) is 1.51. The van der Waals surface area contributed by atoms with E-state index < -0.39 is 5.97 Å². The molecule has 12 heavy (non-hydrogen) atoms. The summed E-state index contributed by atoms with van der Waals surface area (Å²) in [5.74, 6) is -0.424. The molecule has 1 heterocycles. The van der Waals surface area contributed by atoms with Crippen molar-refractivity contribution in [3.63, 3.8) is 0 Å². The van der Waals surface area contributed by atoms with E-state index in [1.165, 1.54) is 13.2 Å². The number of carbonyl (C=O) groups excluding carboxylic acids is 1. The smallest absolute Gasteiger partial charge is 0.353 e. The Morgan fingerprint density at radius 2 is 2.42 bits per heavy atom. The molecule has 0 aliphatic heterocycles. The summed E-state index contributed by atoms with van der Waals surface area (Å²) in [6.07, 6.45) is 1.58. The van der Waals surface area contributed by atoms with Gasteiger partial charge in [0.15, 0.2) is 0 Å². The van der Waals surface area contributed by atoms with Gasteiger partial charge in [0, 0.05) is 13.2 Å². The van der Waals surface area contributed by atoms with E-state index in [0.717, 1.165) is 0 Å². The van der Waals surface area contributed by atoms with Gasteiger partial charge in [0.2, 0.25) is 5.69 Å². The lowest BCUT2D eigenvalue weighted by atomic mass is 10.4. The normalized spacial score (nSPS) is 9.08. The molecule has 1 aromatic rings. The maximum atomic E-state index is 11.0. The Bertz CT molecular complexity index is 346. The van der Waals surface area contributed by atoms with Crippen LogP contribution in [-0.4, -0.2) is 17.6 Å². The van der Waals surface area contributed by atoms with Gasteiger partial charge in [0.1, 0.15) is 5.69 Å². The Morgan fingerprint density at radius 1 is 1.75 bits per heavy atom. The highest BCUT2D eigenvalue weighted by Crippen LogP contribution is 2.16. The summed E-state index contributed by atoms with van der Waals surface area (Å²) in [6.45, 7) is 6.71. The summed E-state index contributed by atoms with van der Waals surface area (Å²) in [7, 11) is 3.01. The van der Waals surface area contributed by atoms with Crippen LogP contribution in [0.15, 0.2) is 12.3 Å². The van der Waals surface area contributed by atoms with Crippen LogP contribution < -0.4 is 0 Å². The van der Waals surface area contributed by atoms with Gasteiger partial charge in [-0.15, -0.1) is 0 Å². The minimum atomic E-state index is -0.424. The third kappa shape index (κ3) is 1.30. The number of hydrogen-bond acceptors (Lipinski definition) is 2. The zero-order valence-corrected chi connectivity index (χ0v) is 6.87. The minimum absolute atomic E-state index is 0.392. The molecule has 0 fully saturated rings. The van der Waals surface area contributed by atoms with E-state index in [9.17, 15) is 4.79 Å². The molecular weight excluding hydrogens is 156 g/mol. The number of ether oxygens (including phenoxy) is 1. The van der Waals surface area contributed by atoms with Crippen molar-refractivity contribution in [1.29, 1.82) is 0 Å². The van der Waals surface area contributed by atoms with Crippen LogP contribution in [0.25, 0.3) is 4.85 Å². The number of hydrogen-bond donors (Lipinski definition) is 0. The van der Waals surface area contributed by atoms with Gasteiger partial charge in [-0.3, -0.25) is 0 Å². The van der Waals surface area contributed by atoms with Crippen LogP contribution >= 0.6 is 0 Å². The van der Waals surface area contributed by atoms with E-state index in [1.54, 1.807) is 17.8 Å². The number of nitrogens with zero attached hydrogens (tertiary/aromatic N) is 2. The van der Waals surface area contributed by atoms with Crippen molar-refractivity contribution >= 4 is 11.7 Å². The summed E-state index contributed by atoms with van der Waals surface area (Å²) in [4.78, 5) is 14.2. The molecule has 1 aromatic heterocycles.